The monoisotopic (exact) mass is 439 g/mol. The summed E-state index contributed by atoms with van der Waals surface area (Å²) in [5.41, 5.74) is 6.71. The highest BCUT2D eigenvalue weighted by molar-refractivity contribution is 7.80. The van der Waals surface area contributed by atoms with Crippen LogP contribution >= 0.6 is 12.2 Å². The van der Waals surface area contributed by atoms with Crippen LogP contribution in [-0.4, -0.2) is 19.6 Å². The minimum Gasteiger partial charge on any atom is -0.351 e. The van der Waals surface area contributed by atoms with Crippen molar-refractivity contribution in [2.24, 2.45) is 0 Å². The number of para-hydroxylation sites is 1. The number of hydrogen-bond donors (Lipinski definition) is 1. The van der Waals surface area contributed by atoms with Crippen molar-refractivity contribution in [2.75, 3.05) is 4.90 Å². The summed E-state index contributed by atoms with van der Waals surface area (Å²) in [5.74, 6) is 0.931. The van der Waals surface area contributed by atoms with Gasteiger partial charge in [-0.25, -0.2) is 4.98 Å². The van der Waals surface area contributed by atoms with Gasteiger partial charge in [0, 0.05) is 29.5 Å². The first kappa shape index (κ1) is 20.4. The molecule has 4 aromatic rings. The summed E-state index contributed by atoms with van der Waals surface area (Å²) in [6.07, 6.45) is 3.70. The van der Waals surface area contributed by atoms with Crippen LogP contribution in [-0.2, 0) is 0 Å². The highest BCUT2D eigenvalue weighted by Gasteiger charge is 2.42. The Morgan fingerprint density at radius 1 is 0.875 bits per heavy atom. The van der Waals surface area contributed by atoms with Gasteiger partial charge in [-0.3, -0.25) is 4.98 Å². The first-order valence-electron chi connectivity index (χ1n) is 10.7. The molecule has 0 amide bonds. The van der Waals surface area contributed by atoms with Crippen molar-refractivity contribution in [3.8, 4) is 5.82 Å². The number of nitrogens with zero attached hydrogens (tertiary/aromatic N) is 4. The summed E-state index contributed by atoms with van der Waals surface area (Å²) in [5, 5.41) is 4.25. The molecule has 32 heavy (non-hydrogen) atoms. The van der Waals surface area contributed by atoms with Crippen LogP contribution < -0.4 is 10.2 Å². The Morgan fingerprint density at radius 3 is 2.38 bits per heavy atom. The van der Waals surface area contributed by atoms with Gasteiger partial charge in [-0.15, -0.1) is 0 Å². The molecule has 0 spiro atoms. The van der Waals surface area contributed by atoms with Crippen LogP contribution in [0.5, 0.6) is 0 Å². The Bertz CT molecular complexity index is 1270. The zero-order chi connectivity index (χ0) is 22.2. The molecule has 1 fully saturated rings. The Balaban J connectivity index is 1.68. The number of thiocarbonyl (C=S) groups is 1. The summed E-state index contributed by atoms with van der Waals surface area (Å²) >= 11 is 5.84. The predicted octanol–water partition coefficient (Wildman–Crippen LogP) is 5.37. The number of aryl methyl sites for hydroxylation is 2. The van der Waals surface area contributed by atoms with Crippen LogP contribution in [0.4, 0.5) is 5.69 Å². The average molecular weight is 440 g/mol. The Morgan fingerprint density at radius 2 is 1.66 bits per heavy atom. The number of nitrogens with one attached hydrogen (secondary N) is 1. The molecule has 1 saturated heterocycles. The van der Waals surface area contributed by atoms with Gasteiger partial charge in [-0.05, 0) is 86.6 Å². The van der Waals surface area contributed by atoms with Gasteiger partial charge >= 0.3 is 0 Å². The van der Waals surface area contributed by atoms with Crippen molar-refractivity contribution in [3.63, 3.8) is 0 Å². The van der Waals surface area contributed by atoms with E-state index in [2.05, 4.69) is 75.9 Å². The van der Waals surface area contributed by atoms with Crippen LogP contribution in [0.25, 0.3) is 5.82 Å². The van der Waals surface area contributed by atoms with E-state index in [1.807, 2.05) is 48.8 Å². The quantitative estimate of drug-likeness (QED) is 0.433. The van der Waals surface area contributed by atoms with E-state index in [0.29, 0.717) is 5.11 Å². The summed E-state index contributed by atoms with van der Waals surface area (Å²) < 4.78 is 2.22. The second-order valence-electron chi connectivity index (χ2n) is 8.19. The second-order valence-corrected chi connectivity index (χ2v) is 8.57. The summed E-state index contributed by atoms with van der Waals surface area (Å²) in [4.78, 5) is 11.5. The lowest BCUT2D eigenvalue weighted by atomic mass is 9.96. The molecule has 1 aliphatic rings. The number of rotatable bonds is 4. The molecule has 160 valence electrons. The van der Waals surface area contributed by atoms with Crippen molar-refractivity contribution >= 4 is 23.0 Å². The molecule has 0 unspecified atom stereocenters. The molecule has 3 aromatic heterocycles. The van der Waals surface area contributed by atoms with Gasteiger partial charge in [0.1, 0.15) is 5.82 Å². The summed E-state index contributed by atoms with van der Waals surface area (Å²) in [6.45, 7) is 6.38. The van der Waals surface area contributed by atoms with Gasteiger partial charge in [0.25, 0.3) is 0 Å². The zero-order valence-corrected chi connectivity index (χ0v) is 19.2. The van der Waals surface area contributed by atoms with Crippen molar-refractivity contribution in [3.05, 3.63) is 107 Å². The van der Waals surface area contributed by atoms with Crippen LogP contribution in [0, 0.1) is 20.8 Å². The number of pyridine rings is 2. The zero-order valence-electron chi connectivity index (χ0n) is 18.4. The number of hydrogen-bond acceptors (Lipinski definition) is 3. The Hall–Kier alpha value is -3.51. The lowest BCUT2D eigenvalue weighted by molar-refractivity contribution is 0.565. The number of anilines is 1. The topological polar surface area (TPSA) is 46.0 Å². The van der Waals surface area contributed by atoms with E-state index < -0.39 is 0 Å². The van der Waals surface area contributed by atoms with Crippen molar-refractivity contribution in [1.82, 2.24) is 19.9 Å². The standard InChI is InChI=1S/C26H25N5S/c1-17-12-14-28-23(15-17)30-18(2)16-21(19(30)3)25-24(22-11-7-8-13-27-22)29-26(32)31(25)20-9-5-4-6-10-20/h4-16,24-25H,1-3H3,(H,29,32)/t24-,25+/m0/s1. The smallest absolute Gasteiger partial charge is 0.174 e. The minimum atomic E-state index is -0.0664. The van der Waals surface area contributed by atoms with Crippen molar-refractivity contribution in [1.29, 1.82) is 0 Å². The van der Waals surface area contributed by atoms with Crippen LogP contribution in [0.2, 0.25) is 0 Å². The molecule has 0 aliphatic carbocycles. The fourth-order valence-electron chi connectivity index (χ4n) is 4.62. The summed E-state index contributed by atoms with van der Waals surface area (Å²) in [6, 6.07) is 22.6. The Kier molecular flexibility index (Phi) is 5.23. The normalized spacial score (nSPS) is 18.1. The lowest BCUT2D eigenvalue weighted by Crippen LogP contribution is -2.29. The van der Waals surface area contributed by atoms with E-state index >= 15 is 0 Å². The molecule has 1 aliphatic heterocycles. The van der Waals surface area contributed by atoms with E-state index in [0.717, 1.165) is 28.6 Å². The maximum absolute atomic E-state index is 5.84. The maximum Gasteiger partial charge on any atom is 0.174 e. The highest BCUT2D eigenvalue weighted by Crippen LogP contribution is 2.43. The average Bonchev–Trinajstić information content (AvgIpc) is 3.30. The van der Waals surface area contributed by atoms with Gasteiger partial charge in [0.2, 0.25) is 0 Å². The third-order valence-electron chi connectivity index (χ3n) is 6.05. The van der Waals surface area contributed by atoms with Crippen LogP contribution in [0.15, 0.2) is 79.1 Å². The first-order valence-corrected chi connectivity index (χ1v) is 11.1. The van der Waals surface area contributed by atoms with Crippen molar-refractivity contribution in [2.45, 2.75) is 32.9 Å². The fraction of sp³-hybridized carbons (Fsp3) is 0.192. The molecule has 1 aromatic carbocycles. The number of aromatic nitrogens is 3. The molecule has 2 atom stereocenters. The molecule has 0 radical (unpaired) electrons. The maximum atomic E-state index is 5.84. The predicted molar refractivity (Wildman–Crippen MR) is 132 cm³/mol. The number of benzene rings is 1. The first-order chi connectivity index (χ1) is 15.5. The molecule has 0 saturated carbocycles. The van der Waals surface area contributed by atoms with E-state index in [1.165, 1.54) is 11.1 Å². The van der Waals surface area contributed by atoms with Gasteiger partial charge < -0.3 is 14.8 Å². The molecular weight excluding hydrogens is 414 g/mol. The van der Waals surface area contributed by atoms with E-state index in [9.17, 15) is 0 Å². The van der Waals surface area contributed by atoms with Gasteiger partial charge in [0.05, 0.1) is 17.8 Å². The van der Waals surface area contributed by atoms with E-state index in [-0.39, 0.29) is 12.1 Å². The molecular formula is C26H25N5S. The molecule has 1 N–H and O–H groups in total. The Labute approximate surface area is 193 Å². The molecule has 0 bridgehead atoms. The van der Waals surface area contributed by atoms with E-state index in [4.69, 9.17) is 12.2 Å². The SMILES string of the molecule is Cc1ccnc(-n2c(C)cc([C@@H]3[C@H](c4ccccn4)NC(=S)N3c3ccccc3)c2C)c1. The molecule has 6 heteroatoms. The largest absolute Gasteiger partial charge is 0.351 e. The lowest BCUT2D eigenvalue weighted by Gasteiger charge is -2.28. The molecule has 4 heterocycles. The third-order valence-corrected chi connectivity index (χ3v) is 6.37. The minimum absolute atomic E-state index is 0.0374. The highest BCUT2D eigenvalue weighted by atomic mass is 32.1. The molecule has 5 rings (SSSR count). The van der Waals surface area contributed by atoms with Crippen molar-refractivity contribution < 1.29 is 0 Å². The van der Waals surface area contributed by atoms with Gasteiger partial charge in [0.15, 0.2) is 5.11 Å². The van der Waals surface area contributed by atoms with Crippen LogP contribution in [0.1, 0.15) is 40.3 Å². The third kappa shape index (κ3) is 3.46. The van der Waals surface area contributed by atoms with Crippen LogP contribution in [0.3, 0.4) is 0 Å². The second kappa shape index (κ2) is 8.20. The molecule has 5 nitrogen and oxygen atoms in total. The summed E-state index contributed by atoms with van der Waals surface area (Å²) in [7, 11) is 0. The van der Waals surface area contributed by atoms with Gasteiger partial charge in [-0.2, -0.15) is 0 Å². The van der Waals surface area contributed by atoms with E-state index in [1.54, 1.807) is 0 Å². The fourth-order valence-corrected chi connectivity index (χ4v) is 4.97. The van der Waals surface area contributed by atoms with Gasteiger partial charge in [-0.1, -0.05) is 24.3 Å².